The highest BCUT2D eigenvalue weighted by molar-refractivity contribution is 4.73. The first-order valence-corrected chi connectivity index (χ1v) is 4.65. The number of hydrogen-bond donors (Lipinski definition) is 1. The van der Waals surface area contributed by atoms with Crippen molar-refractivity contribution < 1.29 is 9.47 Å². The van der Waals surface area contributed by atoms with E-state index in [1.807, 2.05) is 0 Å². The Morgan fingerprint density at radius 1 is 1.50 bits per heavy atom. The van der Waals surface area contributed by atoms with Gasteiger partial charge in [0.25, 0.3) is 0 Å². The molecule has 1 heterocycles. The Labute approximate surface area is 74.4 Å². The first kappa shape index (κ1) is 9.96. The molecular weight excluding hydrogens is 154 g/mol. The van der Waals surface area contributed by atoms with Crippen LogP contribution < -0.4 is 5.32 Å². The summed E-state index contributed by atoms with van der Waals surface area (Å²) in [5.74, 6) is 0. The number of methoxy groups -OCH3 is 1. The van der Waals surface area contributed by atoms with E-state index in [0.717, 1.165) is 32.7 Å². The van der Waals surface area contributed by atoms with Crippen LogP contribution in [0.2, 0.25) is 0 Å². The molecule has 1 rings (SSSR count). The van der Waals surface area contributed by atoms with E-state index in [1.54, 1.807) is 7.11 Å². The topological polar surface area (TPSA) is 30.5 Å². The Morgan fingerprint density at radius 2 is 2.17 bits per heavy atom. The standard InChI is InChI=1S/C9H19NO2/c1-8(7-11-2)10-9-3-5-12-6-4-9/h8-10H,3-7H2,1-2H3/t8-/m1/s1. The van der Waals surface area contributed by atoms with Gasteiger partial charge in [0.1, 0.15) is 0 Å². The Balaban J connectivity index is 2.11. The van der Waals surface area contributed by atoms with Gasteiger partial charge < -0.3 is 14.8 Å². The van der Waals surface area contributed by atoms with Crippen molar-refractivity contribution >= 4 is 0 Å². The van der Waals surface area contributed by atoms with Crippen LogP contribution in [-0.2, 0) is 9.47 Å². The summed E-state index contributed by atoms with van der Waals surface area (Å²) in [5.41, 5.74) is 0. The van der Waals surface area contributed by atoms with E-state index in [9.17, 15) is 0 Å². The van der Waals surface area contributed by atoms with E-state index in [-0.39, 0.29) is 0 Å². The molecule has 1 aliphatic heterocycles. The minimum Gasteiger partial charge on any atom is -0.383 e. The Hall–Kier alpha value is -0.120. The maximum atomic E-state index is 5.27. The summed E-state index contributed by atoms with van der Waals surface area (Å²) in [6.45, 7) is 4.74. The summed E-state index contributed by atoms with van der Waals surface area (Å²) < 4.78 is 10.3. The molecule has 0 unspecified atom stereocenters. The van der Waals surface area contributed by atoms with Crippen LogP contribution in [0, 0.1) is 0 Å². The van der Waals surface area contributed by atoms with Crippen molar-refractivity contribution in [2.24, 2.45) is 0 Å². The van der Waals surface area contributed by atoms with Crippen LogP contribution in [0.4, 0.5) is 0 Å². The van der Waals surface area contributed by atoms with E-state index >= 15 is 0 Å². The smallest absolute Gasteiger partial charge is 0.0613 e. The number of ether oxygens (including phenoxy) is 2. The molecule has 3 nitrogen and oxygen atoms in total. The average Bonchev–Trinajstić information content (AvgIpc) is 2.06. The molecule has 1 atom stereocenters. The summed E-state index contributed by atoms with van der Waals surface area (Å²) in [4.78, 5) is 0. The van der Waals surface area contributed by atoms with E-state index in [1.165, 1.54) is 0 Å². The monoisotopic (exact) mass is 173 g/mol. The van der Waals surface area contributed by atoms with Gasteiger partial charge in [-0.1, -0.05) is 0 Å². The zero-order chi connectivity index (χ0) is 8.81. The fourth-order valence-electron chi connectivity index (χ4n) is 1.56. The van der Waals surface area contributed by atoms with E-state index in [4.69, 9.17) is 9.47 Å². The van der Waals surface area contributed by atoms with Crippen molar-refractivity contribution in [3.63, 3.8) is 0 Å². The predicted molar refractivity (Wildman–Crippen MR) is 48.3 cm³/mol. The van der Waals surface area contributed by atoms with Crippen LogP contribution in [0.5, 0.6) is 0 Å². The molecule has 0 aromatic heterocycles. The van der Waals surface area contributed by atoms with Crippen LogP contribution in [0.1, 0.15) is 19.8 Å². The number of hydrogen-bond acceptors (Lipinski definition) is 3. The third-order valence-electron chi connectivity index (χ3n) is 2.16. The molecule has 1 saturated heterocycles. The van der Waals surface area contributed by atoms with Crippen LogP contribution in [0.25, 0.3) is 0 Å². The van der Waals surface area contributed by atoms with E-state index in [0.29, 0.717) is 12.1 Å². The zero-order valence-electron chi connectivity index (χ0n) is 8.01. The Morgan fingerprint density at radius 3 is 2.75 bits per heavy atom. The molecule has 0 aromatic rings. The summed E-state index contributed by atoms with van der Waals surface area (Å²) >= 11 is 0. The molecule has 0 radical (unpaired) electrons. The maximum Gasteiger partial charge on any atom is 0.0613 e. The second-order valence-corrected chi connectivity index (χ2v) is 3.41. The molecule has 1 aliphatic rings. The SMILES string of the molecule is COC[C@@H](C)NC1CCOCC1. The minimum atomic E-state index is 0.457. The van der Waals surface area contributed by atoms with Crippen molar-refractivity contribution in [2.75, 3.05) is 26.9 Å². The molecule has 0 aliphatic carbocycles. The average molecular weight is 173 g/mol. The van der Waals surface area contributed by atoms with Gasteiger partial charge in [0, 0.05) is 32.4 Å². The quantitative estimate of drug-likeness (QED) is 0.682. The van der Waals surface area contributed by atoms with Gasteiger partial charge in [0.15, 0.2) is 0 Å². The van der Waals surface area contributed by atoms with Crippen molar-refractivity contribution in [1.29, 1.82) is 0 Å². The van der Waals surface area contributed by atoms with Gasteiger partial charge in [-0.05, 0) is 19.8 Å². The first-order valence-electron chi connectivity index (χ1n) is 4.65. The fourth-order valence-corrected chi connectivity index (χ4v) is 1.56. The maximum absolute atomic E-state index is 5.27. The second-order valence-electron chi connectivity index (χ2n) is 3.41. The molecular formula is C9H19NO2. The highest BCUT2D eigenvalue weighted by atomic mass is 16.5. The van der Waals surface area contributed by atoms with Gasteiger partial charge in [0.2, 0.25) is 0 Å². The van der Waals surface area contributed by atoms with Crippen LogP contribution in [0.15, 0.2) is 0 Å². The fraction of sp³-hybridized carbons (Fsp3) is 1.00. The summed E-state index contributed by atoms with van der Waals surface area (Å²) in [6.07, 6.45) is 2.27. The molecule has 0 amide bonds. The van der Waals surface area contributed by atoms with Crippen LogP contribution in [0.3, 0.4) is 0 Å². The molecule has 12 heavy (non-hydrogen) atoms. The third kappa shape index (κ3) is 3.52. The molecule has 0 aromatic carbocycles. The van der Waals surface area contributed by atoms with E-state index in [2.05, 4.69) is 12.2 Å². The Bertz CT molecular complexity index is 113. The lowest BCUT2D eigenvalue weighted by atomic mass is 10.1. The van der Waals surface area contributed by atoms with Crippen molar-refractivity contribution in [2.45, 2.75) is 31.8 Å². The molecule has 3 heteroatoms. The molecule has 72 valence electrons. The van der Waals surface area contributed by atoms with Gasteiger partial charge in [-0.2, -0.15) is 0 Å². The molecule has 1 N–H and O–H groups in total. The largest absolute Gasteiger partial charge is 0.383 e. The van der Waals surface area contributed by atoms with Gasteiger partial charge >= 0.3 is 0 Å². The lowest BCUT2D eigenvalue weighted by Gasteiger charge is -2.26. The lowest BCUT2D eigenvalue weighted by molar-refractivity contribution is 0.0701. The molecule has 0 saturated carbocycles. The molecule has 0 bridgehead atoms. The van der Waals surface area contributed by atoms with E-state index < -0.39 is 0 Å². The second kappa shape index (κ2) is 5.51. The van der Waals surface area contributed by atoms with Crippen LogP contribution >= 0.6 is 0 Å². The number of rotatable bonds is 4. The zero-order valence-corrected chi connectivity index (χ0v) is 8.01. The van der Waals surface area contributed by atoms with Crippen molar-refractivity contribution in [3.8, 4) is 0 Å². The van der Waals surface area contributed by atoms with Gasteiger partial charge in [0.05, 0.1) is 6.61 Å². The van der Waals surface area contributed by atoms with Gasteiger partial charge in [-0.3, -0.25) is 0 Å². The molecule has 1 fully saturated rings. The van der Waals surface area contributed by atoms with Gasteiger partial charge in [-0.25, -0.2) is 0 Å². The Kier molecular flexibility index (Phi) is 4.58. The summed E-state index contributed by atoms with van der Waals surface area (Å²) in [6, 6.07) is 1.09. The number of nitrogens with one attached hydrogen (secondary N) is 1. The normalized spacial score (nSPS) is 22.5. The highest BCUT2D eigenvalue weighted by Crippen LogP contribution is 2.06. The van der Waals surface area contributed by atoms with Crippen LogP contribution in [-0.4, -0.2) is 39.0 Å². The first-order chi connectivity index (χ1) is 5.83. The predicted octanol–water partition coefficient (Wildman–Crippen LogP) is 0.790. The van der Waals surface area contributed by atoms with Crippen molar-refractivity contribution in [3.05, 3.63) is 0 Å². The minimum absolute atomic E-state index is 0.457. The van der Waals surface area contributed by atoms with Gasteiger partial charge in [-0.15, -0.1) is 0 Å². The van der Waals surface area contributed by atoms with Crippen molar-refractivity contribution in [1.82, 2.24) is 5.32 Å². The third-order valence-corrected chi connectivity index (χ3v) is 2.16. The summed E-state index contributed by atoms with van der Waals surface area (Å²) in [5, 5.41) is 3.51. The molecule has 0 spiro atoms. The lowest BCUT2D eigenvalue weighted by Crippen LogP contribution is -2.42. The summed E-state index contributed by atoms with van der Waals surface area (Å²) in [7, 11) is 1.74. The highest BCUT2D eigenvalue weighted by Gasteiger charge is 2.15.